The number of hydrogen-bond acceptors (Lipinski definition) is 4. The average Bonchev–Trinajstić information content (AvgIpc) is 2.66. The zero-order valence-corrected chi connectivity index (χ0v) is 14.6. The molecular formula is C20H21NO6. The van der Waals surface area contributed by atoms with E-state index in [-0.39, 0.29) is 19.4 Å². The van der Waals surface area contributed by atoms with Crippen molar-refractivity contribution in [2.24, 2.45) is 0 Å². The number of rotatable bonds is 9. The smallest absolute Gasteiger partial charge is 0.408 e. The lowest BCUT2D eigenvalue weighted by Crippen LogP contribution is -2.56. The van der Waals surface area contributed by atoms with Gasteiger partial charge in [0.2, 0.25) is 0 Å². The van der Waals surface area contributed by atoms with Crippen LogP contribution in [0.25, 0.3) is 0 Å². The number of ether oxygens (including phenoxy) is 1. The molecule has 3 N–H and O–H groups in total. The van der Waals surface area contributed by atoms with E-state index in [2.05, 4.69) is 5.32 Å². The molecule has 0 saturated carbocycles. The molecule has 0 spiro atoms. The number of amides is 1. The molecule has 0 aliphatic carbocycles. The van der Waals surface area contributed by atoms with E-state index in [1.807, 2.05) is 6.07 Å². The highest BCUT2D eigenvalue weighted by atomic mass is 16.5. The zero-order chi connectivity index (χ0) is 19.7. The summed E-state index contributed by atoms with van der Waals surface area (Å²) in [6.07, 6.45) is -1.65. The first-order valence-electron chi connectivity index (χ1n) is 8.39. The minimum absolute atomic E-state index is 0.0212. The SMILES string of the molecule is O=C(O)CC[C@@](Cc1ccccc1)(NC(=O)OCc1ccccc1)C(=O)O. The summed E-state index contributed by atoms with van der Waals surface area (Å²) < 4.78 is 5.12. The van der Waals surface area contributed by atoms with Crippen molar-refractivity contribution in [3.8, 4) is 0 Å². The number of nitrogens with one attached hydrogen (secondary N) is 1. The van der Waals surface area contributed by atoms with Crippen molar-refractivity contribution < 1.29 is 29.3 Å². The molecule has 7 nitrogen and oxygen atoms in total. The number of carboxylic acids is 2. The molecule has 7 heteroatoms. The van der Waals surface area contributed by atoms with Gasteiger partial charge in [-0.25, -0.2) is 9.59 Å². The number of benzene rings is 2. The van der Waals surface area contributed by atoms with Gasteiger partial charge in [0.15, 0.2) is 0 Å². The maximum atomic E-state index is 12.2. The summed E-state index contributed by atoms with van der Waals surface area (Å²) in [5.74, 6) is -2.46. The van der Waals surface area contributed by atoms with Gasteiger partial charge in [0.05, 0.1) is 0 Å². The van der Waals surface area contributed by atoms with Crippen LogP contribution in [0.1, 0.15) is 24.0 Å². The van der Waals surface area contributed by atoms with Gasteiger partial charge in [0.1, 0.15) is 12.1 Å². The van der Waals surface area contributed by atoms with Crippen molar-refractivity contribution in [1.29, 1.82) is 0 Å². The molecule has 27 heavy (non-hydrogen) atoms. The molecule has 1 amide bonds. The predicted octanol–water partition coefficient (Wildman–Crippen LogP) is 2.84. The van der Waals surface area contributed by atoms with E-state index in [1.54, 1.807) is 54.6 Å². The largest absolute Gasteiger partial charge is 0.481 e. The summed E-state index contributed by atoms with van der Waals surface area (Å²) in [6, 6.07) is 17.7. The van der Waals surface area contributed by atoms with E-state index in [0.29, 0.717) is 5.56 Å². The Morgan fingerprint density at radius 3 is 1.96 bits per heavy atom. The van der Waals surface area contributed by atoms with Crippen LogP contribution in [-0.2, 0) is 27.4 Å². The second kappa shape index (κ2) is 9.38. The number of carboxylic acid groups (broad SMARTS) is 2. The summed E-state index contributed by atoms with van der Waals surface area (Å²) in [5, 5.41) is 21.1. The predicted molar refractivity (Wildman–Crippen MR) is 97.1 cm³/mol. The quantitative estimate of drug-likeness (QED) is 0.625. The Morgan fingerprint density at radius 2 is 1.44 bits per heavy atom. The second-order valence-electron chi connectivity index (χ2n) is 6.13. The van der Waals surface area contributed by atoms with E-state index in [1.165, 1.54) is 0 Å². The first kappa shape index (κ1) is 20.0. The van der Waals surface area contributed by atoms with Gasteiger partial charge in [-0.15, -0.1) is 0 Å². The lowest BCUT2D eigenvalue weighted by Gasteiger charge is -2.30. The van der Waals surface area contributed by atoms with E-state index < -0.39 is 30.0 Å². The van der Waals surface area contributed by atoms with Crippen LogP contribution in [0, 0.1) is 0 Å². The van der Waals surface area contributed by atoms with Crippen molar-refractivity contribution in [1.82, 2.24) is 5.32 Å². The van der Waals surface area contributed by atoms with Gasteiger partial charge in [0.25, 0.3) is 0 Å². The van der Waals surface area contributed by atoms with Crippen molar-refractivity contribution in [2.75, 3.05) is 0 Å². The molecule has 2 aromatic rings. The van der Waals surface area contributed by atoms with Gasteiger partial charge in [-0.2, -0.15) is 0 Å². The maximum Gasteiger partial charge on any atom is 0.408 e. The molecule has 0 fully saturated rings. The average molecular weight is 371 g/mol. The molecule has 0 aliphatic heterocycles. The fourth-order valence-electron chi connectivity index (χ4n) is 2.65. The summed E-state index contributed by atoms with van der Waals surface area (Å²) in [6.45, 7) is -0.0212. The molecule has 1 atom stereocenters. The van der Waals surface area contributed by atoms with Crippen LogP contribution in [0.3, 0.4) is 0 Å². The third kappa shape index (κ3) is 6.14. The Kier molecular flexibility index (Phi) is 6.93. The molecule has 0 saturated heterocycles. The van der Waals surface area contributed by atoms with Gasteiger partial charge in [0, 0.05) is 12.8 Å². The normalized spacial score (nSPS) is 12.6. The maximum absolute atomic E-state index is 12.2. The first-order valence-corrected chi connectivity index (χ1v) is 8.39. The second-order valence-corrected chi connectivity index (χ2v) is 6.13. The molecular weight excluding hydrogens is 350 g/mol. The van der Waals surface area contributed by atoms with Gasteiger partial charge >= 0.3 is 18.0 Å². The van der Waals surface area contributed by atoms with E-state index >= 15 is 0 Å². The zero-order valence-electron chi connectivity index (χ0n) is 14.6. The Bertz CT molecular complexity index is 778. The molecule has 2 rings (SSSR count). The number of carbonyl (C=O) groups is 3. The third-order valence-corrected chi connectivity index (χ3v) is 4.08. The van der Waals surface area contributed by atoms with Crippen LogP contribution in [0.2, 0.25) is 0 Å². The van der Waals surface area contributed by atoms with Gasteiger partial charge < -0.3 is 20.3 Å². The van der Waals surface area contributed by atoms with Crippen LogP contribution >= 0.6 is 0 Å². The minimum Gasteiger partial charge on any atom is -0.481 e. The molecule has 0 aliphatic rings. The Balaban J connectivity index is 2.14. The summed E-state index contributed by atoms with van der Waals surface area (Å²) in [4.78, 5) is 35.2. The Hall–Kier alpha value is -3.35. The molecule has 2 aromatic carbocycles. The lowest BCUT2D eigenvalue weighted by molar-refractivity contribution is -0.146. The van der Waals surface area contributed by atoms with Crippen LogP contribution in [0.4, 0.5) is 4.79 Å². The van der Waals surface area contributed by atoms with Crippen molar-refractivity contribution in [3.63, 3.8) is 0 Å². The molecule has 0 bridgehead atoms. The highest BCUT2D eigenvalue weighted by molar-refractivity contribution is 5.85. The minimum atomic E-state index is -1.78. The Morgan fingerprint density at radius 1 is 0.889 bits per heavy atom. The van der Waals surface area contributed by atoms with Crippen LogP contribution in [0.15, 0.2) is 60.7 Å². The molecule has 0 aromatic heterocycles. The standard InChI is InChI=1S/C20H21NO6/c22-17(23)11-12-20(18(24)25,13-15-7-3-1-4-8-15)21-19(26)27-14-16-9-5-2-6-10-16/h1-10H,11-14H2,(H,21,26)(H,22,23)(H,24,25)/t20-/m0/s1. The summed E-state index contributed by atoms with van der Waals surface area (Å²) in [5.41, 5.74) is -0.371. The van der Waals surface area contributed by atoms with Gasteiger partial charge in [-0.05, 0) is 17.5 Å². The van der Waals surface area contributed by atoms with E-state index in [0.717, 1.165) is 5.56 Å². The summed E-state index contributed by atoms with van der Waals surface area (Å²) in [7, 11) is 0. The van der Waals surface area contributed by atoms with Crippen molar-refractivity contribution >= 4 is 18.0 Å². The lowest BCUT2D eigenvalue weighted by atomic mass is 9.86. The topological polar surface area (TPSA) is 113 Å². The number of hydrogen-bond donors (Lipinski definition) is 3. The number of alkyl carbamates (subject to hydrolysis) is 1. The van der Waals surface area contributed by atoms with Gasteiger partial charge in [-0.3, -0.25) is 4.79 Å². The van der Waals surface area contributed by atoms with Crippen LogP contribution in [-0.4, -0.2) is 33.8 Å². The number of carbonyl (C=O) groups excluding carboxylic acids is 1. The van der Waals surface area contributed by atoms with Gasteiger partial charge in [-0.1, -0.05) is 60.7 Å². The fraction of sp³-hybridized carbons (Fsp3) is 0.250. The van der Waals surface area contributed by atoms with E-state index in [9.17, 15) is 19.5 Å². The number of aliphatic carboxylic acids is 2. The van der Waals surface area contributed by atoms with Crippen molar-refractivity contribution in [2.45, 2.75) is 31.4 Å². The highest BCUT2D eigenvalue weighted by Crippen LogP contribution is 2.21. The van der Waals surface area contributed by atoms with Crippen LogP contribution < -0.4 is 5.32 Å². The highest BCUT2D eigenvalue weighted by Gasteiger charge is 2.41. The third-order valence-electron chi connectivity index (χ3n) is 4.08. The molecule has 0 unspecified atom stereocenters. The Labute approximate surface area is 156 Å². The molecule has 0 radical (unpaired) electrons. The monoisotopic (exact) mass is 371 g/mol. The summed E-state index contributed by atoms with van der Waals surface area (Å²) >= 11 is 0. The molecule has 142 valence electrons. The van der Waals surface area contributed by atoms with Crippen LogP contribution in [0.5, 0.6) is 0 Å². The fourth-order valence-corrected chi connectivity index (χ4v) is 2.65. The van der Waals surface area contributed by atoms with Crippen molar-refractivity contribution in [3.05, 3.63) is 71.8 Å². The van der Waals surface area contributed by atoms with E-state index in [4.69, 9.17) is 9.84 Å². The molecule has 0 heterocycles. The first-order chi connectivity index (χ1) is 12.9.